The quantitative estimate of drug-likeness (QED) is 0.623. The number of carbonyl (C=O) groups is 3. The zero-order valence-corrected chi connectivity index (χ0v) is 19.8. The fourth-order valence-electron chi connectivity index (χ4n) is 5.15. The van der Waals surface area contributed by atoms with Gasteiger partial charge in [-0.15, -0.1) is 0 Å². The Labute approximate surface area is 203 Å². The summed E-state index contributed by atoms with van der Waals surface area (Å²) in [6, 6.07) is 4.55. The van der Waals surface area contributed by atoms with Crippen LogP contribution >= 0.6 is 0 Å². The van der Waals surface area contributed by atoms with Crippen molar-refractivity contribution >= 4 is 17.7 Å². The van der Waals surface area contributed by atoms with Crippen LogP contribution in [0, 0.1) is 5.41 Å². The topological polar surface area (TPSA) is 88.2 Å². The lowest BCUT2D eigenvalue weighted by atomic mass is 9.79. The minimum absolute atomic E-state index is 0.174. The van der Waals surface area contributed by atoms with Crippen LogP contribution in [0.5, 0.6) is 5.75 Å². The molecule has 3 aliphatic heterocycles. The number of amides is 3. The third-order valence-corrected chi connectivity index (χ3v) is 7.27. The highest BCUT2D eigenvalue weighted by molar-refractivity contribution is 6.05. The van der Waals surface area contributed by atoms with Crippen molar-refractivity contribution in [2.24, 2.45) is 5.41 Å². The Balaban J connectivity index is 1.24. The maximum absolute atomic E-state index is 15.2. The molecule has 0 radical (unpaired) electrons. The lowest BCUT2D eigenvalue weighted by Crippen LogP contribution is -2.52. The highest BCUT2D eigenvalue weighted by Crippen LogP contribution is 2.36. The maximum Gasteiger partial charge on any atom is 0.255 e. The summed E-state index contributed by atoms with van der Waals surface area (Å²) in [4.78, 5) is 40.5. The largest absolute Gasteiger partial charge is 0.489 e. The number of piperidine rings is 1. The van der Waals surface area contributed by atoms with E-state index in [0.29, 0.717) is 43.1 Å². The van der Waals surface area contributed by atoms with Crippen LogP contribution in [-0.4, -0.2) is 79.2 Å². The van der Waals surface area contributed by atoms with Crippen molar-refractivity contribution in [3.05, 3.63) is 53.1 Å². The van der Waals surface area contributed by atoms with Gasteiger partial charge in [0.05, 0.1) is 19.8 Å². The summed E-state index contributed by atoms with van der Waals surface area (Å²) in [6.07, 6.45) is 4.83. The summed E-state index contributed by atoms with van der Waals surface area (Å²) >= 11 is 0. The highest BCUT2D eigenvalue weighted by atomic mass is 19.1. The first-order valence-electron chi connectivity index (χ1n) is 12.1. The van der Waals surface area contributed by atoms with E-state index in [1.807, 2.05) is 19.1 Å². The van der Waals surface area contributed by atoms with Gasteiger partial charge in [0.25, 0.3) is 5.91 Å². The maximum atomic E-state index is 15.2. The number of ether oxygens (including phenoxy) is 2. The van der Waals surface area contributed by atoms with Crippen LogP contribution in [0.1, 0.15) is 35.7 Å². The van der Waals surface area contributed by atoms with E-state index in [2.05, 4.69) is 10.2 Å². The van der Waals surface area contributed by atoms with Gasteiger partial charge in [-0.05, 0) is 30.2 Å². The summed E-state index contributed by atoms with van der Waals surface area (Å²) in [6.45, 7) is 5.93. The first-order chi connectivity index (χ1) is 16.8. The number of morpholine rings is 1. The number of imide groups is 1. The lowest BCUT2D eigenvalue weighted by molar-refractivity contribution is -0.136. The Hall–Kier alpha value is -3.04. The number of hydrogen-bond donors (Lipinski definition) is 1. The zero-order chi connectivity index (χ0) is 24.6. The van der Waals surface area contributed by atoms with Crippen molar-refractivity contribution in [1.82, 2.24) is 15.1 Å². The van der Waals surface area contributed by atoms with Crippen LogP contribution in [0.25, 0.3) is 0 Å². The van der Waals surface area contributed by atoms with Gasteiger partial charge in [0.1, 0.15) is 24.6 Å². The van der Waals surface area contributed by atoms with Crippen molar-refractivity contribution in [2.45, 2.75) is 38.5 Å². The van der Waals surface area contributed by atoms with Crippen molar-refractivity contribution < 1.29 is 28.2 Å². The van der Waals surface area contributed by atoms with Crippen molar-refractivity contribution in [1.29, 1.82) is 0 Å². The van der Waals surface area contributed by atoms with Gasteiger partial charge in [-0.3, -0.25) is 24.6 Å². The minimum atomic E-state index is -1.14. The number of fused-ring (bicyclic) bond motifs is 1. The van der Waals surface area contributed by atoms with Gasteiger partial charge in [-0.1, -0.05) is 25.1 Å². The number of rotatable bonds is 6. The van der Waals surface area contributed by atoms with E-state index < -0.39 is 23.5 Å². The summed E-state index contributed by atoms with van der Waals surface area (Å²) in [5, 5.41) is 2.31. The fourth-order valence-corrected chi connectivity index (χ4v) is 5.15. The van der Waals surface area contributed by atoms with Crippen LogP contribution in [0.3, 0.4) is 0 Å². The molecular weight excluding hydrogens is 453 g/mol. The molecule has 0 spiro atoms. The molecule has 3 atom stereocenters. The molecule has 5 rings (SSSR count). The van der Waals surface area contributed by atoms with Gasteiger partial charge < -0.3 is 14.4 Å². The smallest absolute Gasteiger partial charge is 0.255 e. The number of nitrogens with one attached hydrogen (secondary N) is 1. The van der Waals surface area contributed by atoms with E-state index in [0.717, 1.165) is 18.7 Å². The standard InChI is InChI=1S/C26H30FN3O5/c1-26(16-29-9-11-34-12-10-29)8-7-17(13-22(26)27)15-35-21-4-2-3-18-19(21)14-30(25(18)33)20-5-6-23(31)28-24(20)32/h2-4,7-8,13,20,22H,5-6,9-12,14-16H2,1H3,(H,28,31,32). The molecule has 1 aromatic carbocycles. The van der Waals surface area contributed by atoms with Crippen molar-refractivity contribution in [3.63, 3.8) is 0 Å². The van der Waals surface area contributed by atoms with E-state index >= 15 is 4.39 Å². The van der Waals surface area contributed by atoms with E-state index in [-0.39, 0.29) is 31.4 Å². The molecule has 3 unspecified atom stereocenters. The zero-order valence-electron chi connectivity index (χ0n) is 19.8. The molecule has 4 aliphatic rings. The Morgan fingerprint density at radius 2 is 2.03 bits per heavy atom. The Morgan fingerprint density at radius 1 is 1.23 bits per heavy atom. The van der Waals surface area contributed by atoms with Gasteiger partial charge in [0.2, 0.25) is 11.8 Å². The van der Waals surface area contributed by atoms with Crippen LogP contribution < -0.4 is 10.1 Å². The number of allylic oxidation sites excluding steroid dienone is 1. The number of carbonyl (C=O) groups excluding carboxylic acids is 3. The van der Waals surface area contributed by atoms with Gasteiger partial charge in [-0.25, -0.2) is 4.39 Å². The second kappa shape index (κ2) is 9.54. The molecule has 9 heteroatoms. The van der Waals surface area contributed by atoms with E-state index in [1.165, 1.54) is 4.90 Å². The van der Waals surface area contributed by atoms with Crippen LogP contribution in [0.2, 0.25) is 0 Å². The summed E-state index contributed by atoms with van der Waals surface area (Å²) in [5.41, 5.74) is 1.32. The SMILES string of the molecule is CC1(CN2CCOCC2)C=CC(COc2cccc3c2CN(C2CCC(=O)NC2=O)C3=O)=CC1F. The third kappa shape index (κ3) is 4.75. The van der Waals surface area contributed by atoms with Crippen LogP contribution in [0.15, 0.2) is 42.0 Å². The average Bonchev–Trinajstić information content (AvgIpc) is 3.17. The Bertz CT molecular complexity index is 1100. The Kier molecular flexibility index (Phi) is 6.46. The van der Waals surface area contributed by atoms with Crippen LogP contribution in [-0.2, 0) is 20.9 Å². The molecule has 0 saturated carbocycles. The fraction of sp³-hybridized carbons (Fsp3) is 0.500. The highest BCUT2D eigenvalue weighted by Gasteiger charge is 2.40. The lowest BCUT2D eigenvalue weighted by Gasteiger charge is -2.38. The molecule has 0 bridgehead atoms. The van der Waals surface area contributed by atoms with Crippen LogP contribution in [0.4, 0.5) is 4.39 Å². The van der Waals surface area contributed by atoms with Gasteiger partial charge >= 0.3 is 0 Å². The summed E-state index contributed by atoms with van der Waals surface area (Å²) in [5.74, 6) is -0.478. The molecule has 2 saturated heterocycles. The van der Waals surface area contributed by atoms with E-state index in [9.17, 15) is 14.4 Å². The van der Waals surface area contributed by atoms with E-state index in [4.69, 9.17) is 9.47 Å². The molecule has 8 nitrogen and oxygen atoms in total. The number of alkyl halides is 1. The van der Waals surface area contributed by atoms with E-state index in [1.54, 1.807) is 24.3 Å². The average molecular weight is 484 g/mol. The summed E-state index contributed by atoms with van der Waals surface area (Å²) < 4.78 is 26.6. The number of nitrogens with zero attached hydrogens (tertiary/aromatic N) is 2. The summed E-state index contributed by atoms with van der Waals surface area (Å²) in [7, 11) is 0. The monoisotopic (exact) mass is 483 g/mol. The van der Waals surface area contributed by atoms with Gasteiger partial charge in [0, 0.05) is 42.6 Å². The van der Waals surface area contributed by atoms with Gasteiger partial charge in [-0.2, -0.15) is 0 Å². The van der Waals surface area contributed by atoms with Crippen molar-refractivity contribution in [3.8, 4) is 5.75 Å². The minimum Gasteiger partial charge on any atom is -0.489 e. The predicted octanol–water partition coefficient (Wildman–Crippen LogP) is 2.00. The normalized spacial score (nSPS) is 29.1. The third-order valence-electron chi connectivity index (χ3n) is 7.27. The molecule has 3 heterocycles. The first kappa shape index (κ1) is 23.7. The molecule has 1 N–H and O–H groups in total. The molecule has 186 valence electrons. The number of benzene rings is 1. The number of halogens is 1. The number of hydrogen-bond acceptors (Lipinski definition) is 6. The predicted molar refractivity (Wildman–Crippen MR) is 125 cm³/mol. The molecule has 0 aromatic heterocycles. The second-order valence-corrected chi connectivity index (χ2v) is 9.84. The molecule has 1 aliphatic carbocycles. The Morgan fingerprint density at radius 3 is 2.77 bits per heavy atom. The second-order valence-electron chi connectivity index (χ2n) is 9.84. The van der Waals surface area contributed by atoms with Crippen molar-refractivity contribution in [2.75, 3.05) is 39.5 Å². The molecule has 2 fully saturated rings. The molecular formula is C26H30FN3O5. The molecule has 3 amide bonds. The molecule has 35 heavy (non-hydrogen) atoms. The first-order valence-corrected chi connectivity index (χ1v) is 12.1. The van der Waals surface area contributed by atoms with Gasteiger partial charge in [0.15, 0.2) is 0 Å². The molecule has 1 aromatic rings.